The lowest BCUT2D eigenvalue weighted by atomic mass is 10.00. The minimum Gasteiger partial charge on any atom is -0.488 e. The van der Waals surface area contributed by atoms with Crippen LogP contribution < -0.4 is 5.32 Å². The Morgan fingerprint density at radius 2 is 2.11 bits per heavy atom. The van der Waals surface area contributed by atoms with Crippen molar-refractivity contribution >= 4 is 28.8 Å². The molecule has 0 spiro atoms. The number of benzene rings is 1. The van der Waals surface area contributed by atoms with E-state index in [0.29, 0.717) is 12.2 Å². The molecule has 146 valence electrons. The van der Waals surface area contributed by atoms with Gasteiger partial charge in [0, 0.05) is 24.5 Å². The van der Waals surface area contributed by atoms with E-state index in [4.69, 9.17) is 16.3 Å². The van der Waals surface area contributed by atoms with Gasteiger partial charge in [0.15, 0.2) is 6.61 Å². The van der Waals surface area contributed by atoms with E-state index in [0.717, 1.165) is 29.7 Å². The van der Waals surface area contributed by atoms with Crippen molar-refractivity contribution in [3.05, 3.63) is 76.8 Å². The zero-order valence-electron chi connectivity index (χ0n) is 14.6. The summed E-state index contributed by atoms with van der Waals surface area (Å²) in [5, 5.41) is 1.96. The lowest BCUT2D eigenvalue weighted by molar-refractivity contribution is -0.137. The third kappa shape index (κ3) is 5.13. The summed E-state index contributed by atoms with van der Waals surface area (Å²) in [6.45, 7) is -0.309. The summed E-state index contributed by atoms with van der Waals surface area (Å²) in [5.41, 5.74) is 0.879. The van der Waals surface area contributed by atoms with Crippen LogP contribution in [0, 0.1) is 0 Å². The lowest BCUT2D eigenvalue weighted by Crippen LogP contribution is -2.19. The fourth-order valence-electron chi connectivity index (χ4n) is 2.70. The Bertz CT molecular complexity index is 925. The number of amides is 1. The van der Waals surface area contributed by atoms with E-state index in [1.807, 2.05) is 18.2 Å². The number of aromatic nitrogens is 1. The normalized spacial score (nSPS) is 14.1. The molecule has 1 aliphatic rings. The van der Waals surface area contributed by atoms with Crippen LogP contribution in [0.2, 0.25) is 5.02 Å². The molecule has 0 aliphatic heterocycles. The standard InChI is InChI=1S/C20H16ClF3N2O2/c21-18-7-6-15(10-17(18)20(22,23)24)26-19(27)12-28-16-5-1-3-13(9-16)14-4-2-8-25-11-14/h2-4,6-11H,1,5,12H2,(H,26,27). The molecule has 8 heteroatoms. The number of hydrogen-bond donors (Lipinski definition) is 1. The smallest absolute Gasteiger partial charge is 0.417 e. The molecular weight excluding hydrogens is 393 g/mol. The first-order chi connectivity index (χ1) is 13.3. The summed E-state index contributed by atoms with van der Waals surface area (Å²) in [6.07, 6.45) is 4.08. The summed E-state index contributed by atoms with van der Waals surface area (Å²) in [6, 6.07) is 6.94. The Hall–Kier alpha value is -2.80. The Morgan fingerprint density at radius 3 is 2.82 bits per heavy atom. The minimum atomic E-state index is -4.60. The average molecular weight is 409 g/mol. The quantitative estimate of drug-likeness (QED) is 0.713. The van der Waals surface area contributed by atoms with Gasteiger partial charge in [-0.1, -0.05) is 23.7 Å². The highest BCUT2D eigenvalue weighted by atomic mass is 35.5. The molecule has 0 bridgehead atoms. The summed E-state index contributed by atoms with van der Waals surface area (Å²) in [5.74, 6) is 0.0671. The van der Waals surface area contributed by atoms with Crippen LogP contribution in [0.3, 0.4) is 0 Å². The highest BCUT2D eigenvalue weighted by Crippen LogP contribution is 2.36. The second-order valence-corrected chi connectivity index (χ2v) is 6.49. The highest BCUT2D eigenvalue weighted by Gasteiger charge is 2.33. The highest BCUT2D eigenvalue weighted by molar-refractivity contribution is 6.31. The van der Waals surface area contributed by atoms with Crippen molar-refractivity contribution in [2.45, 2.75) is 19.0 Å². The number of carbonyl (C=O) groups excluding carboxylic acids is 1. The van der Waals surface area contributed by atoms with Gasteiger partial charge in [0.05, 0.1) is 16.3 Å². The maximum atomic E-state index is 12.9. The van der Waals surface area contributed by atoms with Crippen LogP contribution in [0.4, 0.5) is 18.9 Å². The molecule has 1 heterocycles. The maximum absolute atomic E-state index is 12.9. The number of ether oxygens (including phenoxy) is 1. The molecule has 0 saturated heterocycles. The summed E-state index contributed by atoms with van der Waals surface area (Å²) in [7, 11) is 0. The first-order valence-corrected chi connectivity index (χ1v) is 8.81. The van der Waals surface area contributed by atoms with E-state index in [-0.39, 0.29) is 12.3 Å². The number of carbonyl (C=O) groups is 1. The number of pyridine rings is 1. The van der Waals surface area contributed by atoms with Crippen molar-refractivity contribution in [1.29, 1.82) is 0 Å². The van der Waals surface area contributed by atoms with Crippen LogP contribution in [0.15, 0.2) is 60.6 Å². The number of anilines is 1. The molecule has 1 amide bonds. The largest absolute Gasteiger partial charge is 0.488 e. The number of nitrogens with zero attached hydrogens (tertiary/aromatic N) is 1. The van der Waals surface area contributed by atoms with Gasteiger partial charge in [-0.05, 0) is 47.9 Å². The van der Waals surface area contributed by atoms with Crippen molar-refractivity contribution < 1.29 is 22.7 Å². The second-order valence-electron chi connectivity index (χ2n) is 6.08. The minimum absolute atomic E-state index is 0.00102. The van der Waals surface area contributed by atoms with E-state index in [1.54, 1.807) is 12.4 Å². The average Bonchev–Trinajstić information content (AvgIpc) is 2.68. The summed E-state index contributed by atoms with van der Waals surface area (Å²) >= 11 is 5.57. The van der Waals surface area contributed by atoms with E-state index in [2.05, 4.69) is 16.4 Å². The van der Waals surface area contributed by atoms with Crippen LogP contribution in [0.5, 0.6) is 0 Å². The lowest BCUT2D eigenvalue weighted by Gasteiger charge is -2.16. The van der Waals surface area contributed by atoms with E-state index >= 15 is 0 Å². The monoisotopic (exact) mass is 408 g/mol. The molecule has 0 radical (unpaired) electrons. The Morgan fingerprint density at radius 1 is 1.29 bits per heavy atom. The molecule has 0 fully saturated rings. The molecule has 1 aromatic carbocycles. The van der Waals surface area contributed by atoms with Gasteiger partial charge in [-0.2, -0.15) is 13.2 Å². The third-order valence-corrected chi connectivity index (χ3v) is 4.34. The van der Waals surface area contributed by atoms with Crippen LogP contribution in [0.1, 0.15) is 24.0 Å². The van der Waals surface area contributed by atoms with Crippen molar-refractivity contribution in [2.24, 2.45) is 0 Å². The molecule has 0 saturated carbocycles. The first-order valence-electron chi connectivity index (χ1n) is 8.43. The van der Waals surface area contributed by atoms with E-state index in [9.17, 15) is 18.0 Å². The zero-order chi connectivity index (χ0) is 20.1. The topological polar surface area (TPSA) is 51.2 Å². The Labute approximate surface area is 164 Å². The van der Waals surface area contributed by atoms with Gasteiger partial charge in [0.2, 0.25) is 0 Å². The van der Waals surface area contributed by atoms with Gasteiger partial charge >= 0.3 is 6.18 Å². The maximum Gasteiger partial charge on any atom is 0.417 e. The fourth-order valence-corrected chi connectivity index (χ4v) is 2.92. The predicted octanol–water partition coefficient (Wildman–Crippen LogP) is 5.47. The molecule has 1 N–H and O–H groups in total. The molecule has 28 heavy (non-hydrogen) atoms. The molecule has 2 aromatic rings. The van der Waals surface area contributed by atoms with Gasteiger partial charge < -0.3 is 10.1 Å². The Kier molecular flexibility index (Phi) is 6.04. The Balaban J connectivity index is 1.60. The second kappa shape index (κ2) is 8.48. The molecule has 0 atom stereocenters. The first kappa shape index (κ1) is 19.9. The van der Waals surface area contributed by atoms with Gasteiger partial charge in [0.1, 0.15) is 0 Å². The van der Waals surface area contributed by atoms with Crippen LogP contribution in [-0.4, -0.2) is 17.5 Å². The van der Waals surface area contributed by atoms with E-state index in [1.165, 1.54) is 6.07 Å². The van der Waals surface area contributed by atoms with Crippen LogP contribution >= 0.6 is 11.6 Å². The van der Waals surface area contributed by atoms with E-state index < -0.39 is 22.7 Å². The summed E-state index contributed by atoms with van der Waals surface area (Å²) in [4.78, 5) is 16.1. The molecule has 4 nitrogen and oxygen atoms in total. The van der Waals surface area contributed by atoms with Crippen molar-refractivity contribution in [1.82, 2.24) is 4.98 Å². The number of nitrogens with one attached hydrogen (secondary N) is 1. The van der Waals surface area contributed by atoms with Gasteiger partial charge in [-0.15, -0.1) is 0 Å². The fraction of sp³-hybridized carbons (Fsp3) is 0.200. The van der Waals surface area contributed by atoms with Crippen molar-refractivity contribution in [3.8, 4) is 0 Å². The van der Waals surface area contributed by atoms with Gasteiger partial charge in [-0.25, -0.2) is 0 Å². The molecule has 0 unspecified atom stereocenters. The molecule has 3 rings (SSSR count). The number of hydrogen-bond acceptors (Lipinski definition) is 3. The zero-order valence-corrected chi connectivity index (χ0v) is 15.3. The van der Waals surface area contributed by atoms with Crippen LogP contribution in [-0.2, 0) is 15.7 Å². The predicted molar refractivity (Wildman–Crippen MR) is 101 cm³/mol. The number of halogens is 4. The number of rotatable bonds is 5. The molecule has 1 aliphatic carbocycles. The number of allylic oxidation sites excluding steroid dienone is 4. The molecular formula is C20H16ClF3N2O2. The third-order valence-electron chi connectivity index (χ3n) is 4.01. The van der Waals surface area contributed by atoms with Gasteiger partial charge in [0.25, 0.3) is 5.91 Å². The number of alkyl halides is 3. The van der Waals surface area contributed by atoms with Crippen molar-refractivity contribution in [3.63, 3.8) is 0 Å². The van der Waals surface area contributed by atoms with Crippen LogP contribution in [0.25, 0.3) is 5.57 Å². The van der Waals surface area contributed by atoms with Crippen molar-refractivity contribution in [2.75, 3.05) is 11.9 Å². The van der Waals surface area contributed by atoms with Gasteiger partial charge in [-0.3, -0.25) is 9.78 Å². The molecule has 1 aromatic heterocycles. The SMILES string of the molecule is O=C(COC1=CC(c2cccnc2)=CCC1)Nc1ccc(Cl)c(C(F)(F)F)c1. The summed E-state index contributed by atoms with van der Waals surface area (Å²) < 4.78 is 44.2.